The van der Waals surface area contributed by atoms with E-state index < -0.39 is 28.8 Å². The molecule has 6 nitrogen and oxygen atoms in total. The van der Waals surface area contributed by atoms with E-state index in [9.17, 15) is 23.9 Å². The molecule has 1 aromatic heterocycles. The second-order valence-electron chi connectivity index (χ2n) is 5.85. The van der Waals surface area contributed by atoms with Gasteiger partial charge >= 0.3 is 5.69 Å². The van der Waals surface area contributed by atoms with Crippen LogP contribution >= 0.6 is 0 Å². The Labute approximate surface area is 136 Å². The van der Waals surface area contributed by atoms with Crippen LogP contribution in [0.4, 0.5) is 4.39 Å². The molecule has 0 amide bonds. The Morgan fingerprint density at radius 1 is 1.21 bits per heavy atom. The molecule has 1 aliphatic carbocycles. The first kappa shape index (κ1) is 15.9. The van der Waals surface area contributed by atoms with Crippen molar-refractivity contribution >= 4 is 11.9 Å². The summed E-state index contributed by atoms with van der Waals surface area (Å²) in [5.41, 5.74) is -0.655. The zero-order chi connectivity index (χ0) is 17.8. The van der Waals surface area contributed by atoms with Gasteiger partial charge in [-0.25, -0.2) is 9.18 Å². The molecule has 1 N–H and O–H groups in total. The molecule has 1 atom stereocenters. The first-order chi connectivity index (χ1) is 11.2. The van der Waals surface area contributed by atoms with Crippen molar-refractivity contribution in [3.63, 3.8) is 0 Å². The highest BCUT2D eigenvalue weighted by Gasteiger charge is 2.36. The van der Waals surface area contributed by atoms with Gasteiger partial charge in [0.15, 0.2) is 5.78 Å². The number of rotatable bonds is 1. The van der Waals surface area contributed by atoms with Crippen LogP contribution in [0.25, 0.3) is 6.08 Å². The van der Waals surface area contributed by atoms with E-state index in [-0.39, 0.29) is 28.0 Å². The van der Waals surface area contributed by atoms with E-state index in [1.165, 1.54) is 30.9 Å². The molecule has 0 fully saturated rings. The molecular weight excluding hydrogens is 315 g/mol. The van der Waals surface area contributed by atoms with Gasteiger partial charge in [-0.1, -0.05) is 6.92 Å². The number of ketones is 1. The summed E-state index contributed by atoms with van der Waals surface area (Å²) in [6.07, 6.45) is 2.69. The van der Waals surface area contributed by atoms with Crippen molar-refractivity contribution in [1.29, 1.82) is 0 Å². The fourth-order valence-corrected chi connectivity index (χ4v) is 3.03. The molecule has 7 heteroatoms. The van der Waals surface area contributed by atoms with Crippen molar-refractivity contribution < 1.29 is 14.3 Å². The topological polar surface area (TPSA) is 81.3 Å². The van der Waals surface area contributed by atoms with Crippen LogP contribution in [0.3, 0.4) is 0 Å². The zero-order valence-corrected chi connectivity index (χ0v) is 13.3. The van der Waals surface area contributed by atoms with Crippen LogP contribution in [0.1, 0.15) is 34.3 Å². The molecule has 3 rings (SSSR count). The molecule has 2 aromatic rings. The van der Waals surface area contributed by atoms with Gasteiger partial charge < -0.3 is 9.67 Å². The number of phenolic OH excluding ortho intramolecular Hbond substituents is 1. The maximum absolute atomic E-state index is 14.1. The van der Waals surface area contributed by atoms with Crippen molar-refractivity contribution in [1.82, 2.24) is 9.13 Å². The first-order valence-electron chi connectivity index (χ1n) is 7.28. The molecule has 1 aromatic carbocycles. The number of halogens is 1. The van der Waals surface area contributed by atoms with Crippen molar-refractivity contribution in [2.45, 2.75) is 12.8 Å². The number of carbonyl (C=O) groups excluding carboxylic acids is 1. The summed E-state index contributed by atoms with van der Waals surface area (Å²) in [6.45, 7) is 1.63. The van der Waals surface area contributed by atoms with E-state index in [0.29, 0.717) is 0 Å². The summed E-state index contributed by atoms with van der Waals surface area (Å²) < 4.78 is 16.2. The van der Waals surface area contributed by atoms with E-state index in [1.807, 2.05) is 0 Å². The van der Waals surface area contributed by atoms with Gasteiger partial charge in [0.05, 0.1) is 11.1 Å². The number of Topliss-reactive ketones (excluding diaryl/α,β-unsaturated/α-hetero) is 1. The summed E-state index contributed by atoms with van der Waals surface area (Å²) in [5.74, 6) is -2.01. The quantitative estimate of drug-likeness (QED) is 0.800. The largest absolute Gasteiger partial charge is 0.507 e. The standard InChI is InChI=1S/C17H15FN2O4/c1-8-10(6-9-7-19(2)17(24)20(3)16(9)23)15(22)14-12(21)5-4-11(18)13(8)14/h4-8,21H,1-3H3. The minimum atomic E-state index is -0.610. The maximum atomic E-state index is 14.1. The molecule has 0 aliphatic heterocycles. The van der Waals surface area contributed by atoms with E-state index in [1.54, 1.807) is 6.92 Å². The van der Waals surface area contributed by atoms with Gasteiger partial charge in [-0.05, 0) is 18.2 Å². The van der Waals surface area contributed by atoms with E-state index in [4.69, 9.17) is 0 Å². The Kier molecular flexibility index (Phi) is 3.51. The average molecular weight is 330 g/mol. The van der Waals surface area contributed by atoms with Gasteiger partial charge in [0.1, 0.15) is 11.6 Å². The van der Waals surface area contributed by atoms with Crippen molar-refractivity contribution in [3.05, 3.63) is 67.2 Å². The van der Waals surface area contributed by atoms with E-state index in [0.717, 1.165) is 16.7 Å². The lowest BCUT2D eigenvalue weighted by atomic mass is 9.98. The van der Waals surface area contributed by atoms with Gasteiger partial charge in [0.2, 0.25) is 0 Å². The molecule has 0 radical (unpaired) electrons. The monoisotopic (exact) mass is 330 g/mol. The van der Waals surface area contributed by atoms with Crippen molar-refractivity contribution in [2.24, 2.45) is 14.1 Å². The lowest BCUT2D eigenvalue weighted by Gasteiger charge is -2.08. The fourth-order valence-electron chi connectivity index (χ4n) is 3.03. The smallest absolute Gasteiger partial charge is 0.330 e. The summed E-state index contributed by atoms with van der Waals surface area (Å²) in [6, 6.07) is 2.24. The second kappa shape index (κ2) is 5.30. The second-order valence-corrected chi connectivity index (χ2v) is 5.85. The molecule has 0 saturated carbocycles. The van der Waals surface area contributed by atoms with E-state index in [2.05, 4.69) is 0 Å². The predicted molar refractivity (Wildman–Crippen MR) is 85.7 cm³/mol. The molecule has 0 bridgehead atoms. The van der Waals surface area contributed by atoms with Crippen molar-refractivity contribution in [2.75, 3.05) is 0 Å². The van der Waals surface area contributed by atoms with Crippen LogP contribution < -0.4 is 11.2 Å². The number of aryl methyl sites for hydroxylation is 1. The molecule has 124 valence electrons. The molecule has 1 unspecified atom stereocenters. The number of benzene rings is 1. The average Bonchev–Trinajstić information content (AvgIpc) is 2.79. The molecular formula is C17H15FN2O4. The van der Waals surface area contributed by atoms with Crippen molar-refractivity contribution in [3.8, 4) is 5.75 Å². The van der Waals surface area contributed by atoms with Gasteiger partial charge in [-0.15, -0.1) is 0 Å². The summed E-state index contributed by atoms with van der Waals surface area (Å²) in [7, 11) is 2.83. The van der Waals surface area contributed by atoms with Crippen LogP contribution in [0.2, 0.25) is 0 Å². The Hall–Kier alpha value is -2.96. The van der Waals surface area contributed by atoms with Gasteiger partial charge in [0.25, 0.3) is 5.56 Å². The first-order valence-corrected chi connectivity index (χ1v) is 7.28. The maximum Gasteiger partial charge on any atom is 0.330 e. The molecule has 1 heterocycles. The SMILES string of the molecule is CC1C(=Cc2cn(C)c(=O)n(C)c2=O)C(=O)c2c(O)ccc(F)c21. The van der Waals surface area contributed by atoms with Crippen LogP contribution in [-0.4, -0.2) is 20.0 Å². The lowest BCUT2D eigenvalue weighted by Crippen LogP contribution is -2.37. The molecule has 0 saturated heterocycles. The van der Waals surface area contributed by atoms with Gasteiger partial charge in [-0.3, -0.25) is 14.2 Å². The molecule has 24 heavy (non-hydrogen) atoms. The van der Waals surface area contributed by atoms with Gasteiger partial charge in [0, 0.05) is 37.3 Å². The van der Waals surface area contributed by atoms with Crippen LogP contribution in [-0.2, 0) is 14.1 Å². The number of nitrogens with zero attached hydrogens (tertiary/aromatic N) is 2. The third-order valence-electron chi connectivity index (χ3n) is 4.34. The Balaban J connectivity index is 2.23. The predicted octanol–water partition coefficient (Wildman–Crippen LogP) is 1.31. The number of carbonyl (C=O) groups is 1. The third kappa shape index (κ3) is 2.12. The summed E-state index contributed by atoms with van der Waals surface area (Å²) >= 11 is 0. The normalized spacial score (nSPS) is 18.2. The Morgan fingerprint density at radius 2 is 1.88 bits per heavy atom. The van der Waals surface area contributed by atoms with Crippen LogP contribution in [0.5, 0.6) is 5.75 Å². The number of phenols is 1. The fraction of sp³-hybridized carbons (Fsp3) is 0.235. The van der Waals surface area contributed by atoms with Crippen LogP contribution in [0.15, 0.2) is 33.5 Å². The highest BCUT2D eigenvalue weighted by atomic mass is 19.1. The number of hydrogen-bond donors (Lipinski definition) is 1. The number of aromatic nitrogens is 2. The lowest BCUT2D eigenvalue weighted by molar-refractivity contribution is 0.103. The summed E-state index contributed by atoms with van der Waals surface area (Å²) in [4.78, 5) is 36.5. The number of hydrogen-bond acceptors (Lipinski definition) is 4. The van der Waals surface area contributed by atoms with E-state index >= 15 is 0 Å². The minimum absolute atomic E-state index is 0.0737. The number of allylic oxidation sites excluding steroid dienone is 1. The Morgan fingerprint density at radius 3 is 2.50 bits per heavy atom. The molecule has 1 aliphatic rings. The Bertz CT molecular complexity index is 1030. The summed E-state index contributed by atoms with van der Waals surface area (Å²) in [5, 5.41) is 9.88. The zero-order valence-electron chi connectivity index (χ0n) is 13.3. The number of aromatic hydroxyl groups is 1. The highest BCUT2D eigenvalue weighted by molar-refractivity contribution is 6.18. The van der Waals surface area contributed by atoms with Crippen LogP contribution in [0, 0.1) is 5.82 Å². The number of fused-ring (bicyclic) bond motifs is 1. The molecule has 0 spiro atoms. The highest BCUT2D eigenvalue weighted by Crippen LogP contribution is 2.43. The van der Waals surface area contributed by atoms with Gasteiger partial charge in [-0.2, -0.15) is 0 Å². The third-order valence-corrected chi connectivity index (χ3v) is 4.34. The minimum Gasteiger partial charge on any atom is -0.507 e.